The van der Waals surface area contributed by atoms with Crippen LogP contribution in [0.5, 0.6) is 0 Å². The summed E-state index contributed by atoms with van der Waals surface area (Å²) in [5, 5.41) is 8.24. The third kappa shape index (κ3) is 3.21. The summed E-state index contributed by atoms with van der Waals surface area (Å²) in [5.41, 5.74) is 1.51. The summed E-state index contributed by atoms with van der Waals surface area (Å²) >= 11 is 0. The molecular weight excluding hydrogens is 314 g/mol. The van der Waals surface area contributed by atoms with Crippen LogP contribution in [0.25, 0.3) is 23.1 Å². The fourth-order valence-electron chi connectivity index (χ4n) is 3.46. The predicted molar refractivity (Wildman–Crippen MR) is 95.0 cm³/mol. The SMILES string of the molecule is CC(C)n1cnnc1-c1cccc(-c2ncc(C3CCCCC3)o2)n1. The van der Waals surface area contributed by atoms with E-state index in [4.69, 9.17) is 9.40 Å². The number of rotatable bonds is 4. The molecule has 0 atom stereocenters. The Balaban J connectivity index is 1.63. The fraction of sp³-hybridized carbons (Fsp3) is 0.474. The summed E-state index contributed by atoms with van der Waals surface area (Å²) in [5.74, 6) is 2.84. The first kappa shape index (κ1) is 16.0. The lowest BCUT2D eigenvalue weighted by Gasteiger charge is -2.18. The molecule has 0 N–H and O–H groups in total. The van der Waals surface area contributed by atoms with Crippen molar-refractivity contribution in [2.75, 3.05) is 0 Å². The quantitative estimate of drug-likeness (QED) is 0.694. The molecule has 0 radical (unpaired) electrons. The standard InChI is InChI=1S/C19H23N5O/c1-13(2)24-12-21-23-18(24)15-9-6-10-16(22-15)19-20-11-17(25-19)14-7-4-3-5-8-14/h6,9-14H,3-5,7-8H2,1-2H3. The Morgan fingerprint density at radius 1 is 1.12 bits per heavy atom. The highest BCUT2D eigenvalue weighted by Gasteiger charge is 2.21. The zero-order valence-corrected chi connectivity index (χ0v) is 14.7. The Kier molecular flexibility index (Phi) is 4.34. The van der Waals surface area contributed by atoms with E-state index >= 15 is 0 Å². The molecule has 4 rings (SSSR count). The molecule has 0 unspecified atom stereocenters. The number of pyridine rings is 1. The molecule has 0 bridgehead atoms. The van der Waals surface area contributed by atoms with Crippen LogP contribution >= 0.6 is 0 Å². The highest BCUT2D eigenvalue weighted by atomic mass is 16.4. The van der Waals surface area contributed by atoms with Crippen LogP contribution in [0.15, 0.2) is 35.1 Å². The number of hydrogen-bond acceptors (Lipinski definition) is 5. The molecule has 3 aromatic rings. The Hall–Kier alpha value is -2.50. The Bertz CT molecular complexity index is 845. The van der Waals surface area contributed by atoms with Crippen molar-refractivity contribution in [3.8, 4) is 23.1 Å². The Labute approximate surface area is 147 Å². The maximum atomic E-state index is 6.04. The van der Waals surface area contributed by atoms with Gasteiger partial charge in [0.15, 0.2) is 5.82 Å². The van der Waals surface area contributed by atoms with Gasteiger partial charge in [-0.15, -0.1) is 10.2 Å². The van der Waals surface area contributed by atoms with Crippen LogP contribution in [0.2, 0.25) is 0 Å². The van der Waals surface area contributed by atoms with Gasteiger partial charge in [-0.05, 0) is 38.8 Å². The zero-order chi connectivity index (χ0) is 17.2. The summed E-state index contributed by atoms with van der Waals surface area (Å²) in [6.07, 6.45) is 9.88. The molecule has 6 nitrogen and oxygen atoms in total. The van der Waals surface area contributed by atoms with Crippen molar-refractivity contribution < 1.29 is 4.42 Å². The molecule has 3 aromatic heterocycles. The molecule has 1 aliphatic carbocycles. The summed E-state index contributed by atoms with van der Waals surface area (Å²) in [6, 6.07) is 6.10. The van der Waals surface area contributed by atoms with Crippen LogP contribution in [0.3, 0.4) is 0 Å². The van der Waals surface area contributed by atoms with Crippen molar-refractivity contribution in [2.24, 2.45) is 0 Å². The van der Waals surface area contributed by atoms with Gasteiger partial charge in [0.2, 0.25) is 5.89 Å². The van der Waals surface area contributed by atoms with Crippen LogP contribution in [0.4, 0.5) is 0 Å². The van der Waals surface area contributed by atoms with E-state index in [2.05, 4.69) is 29.0 Å². The lowest BCUT2D eigenvalue weighted by Crippen LogP contribution is -2.03. The second kappa shape index (κ2) is 6.78. The lowest BCUT2D eigenvalue weighted by molar-refractivity contribution is 0.378. The van der Waals surface area contributed by atoms with E-state index in [1.165, 1.54) is 32.1 Å². The average Bonchev–Trinajstić information content (AvgIpc) is 3.32. The van der Waals surface area contributed by atoms with Gasteiger partial charge in [0.1, 0.15) is 23.5 Å². The van der Waals surface area contributed by atoms with Crippen LogP contribution in [-0.4, -0.2) is 24.7 Å². The normalized spacial score (nSPS) is 15.8. The second-order valence-electron chi connectivity index (χ2n) is 6.97. The van der Waals surface area contributed by atoms with E-state index in [0.29, 0.717) is 11.8 Å². The fourth-order valence-corrected chi connectivity index (χ4v) is 3.46. The minimum atomic E-state index is 0.273. The minimum absolute atomic E-state index is 0.273. The average molecular weight is 337 g/mol. The molecule has 25 heavy (non-hydrogen) atoms. The van der Waals surface area contributed by atoms with Gasteiger partial charge in [0.25, 0.3) is 0 Å². The van der Waals surface area contributed by atoms with E-state index in [-0.39, 0.29) is 6.04 Å². The van der Waals surface area contributed by atoms with E-state index in [0.717, 1.165) is 23.0 Å². The molecular formula is C19H23N5O. The first-order chi connectivity index (χ1) is 12.2. The van der Waals surface area contributed by atoms with Crippen LogP contribution < -0.4 is 0 Å². The number of oxazole rings is 1. The molecule has 3 heterocycles. The molecule has 6 heteroatoms. The maximum absolute atomic E-state index is 6.04. The molecule has 0 spiro atoms. The van der Waals surface area contributed by atoms with E-state index in [1.807, 2.05) is 29.0 Å². The Morgan fingerprint density at radius 3 is 2.72 bits per heavy atom. The van der Waals surface area contributed by atoms with Gasteiger partial charge in [-0.2, -0.15) is 0 Å². The predicted octanol–water partition coefficient (Wildman–Crippen LogP) is 4.62. The molecule has 0 aliphatic heterocycles. The van der Waals surface area contributed by atoms with Crippen molar-refractivity contribution in [3.05, 3.63) is 36.5 Å². The van der Waals surface area contributed by atoms with Gasteiger partial charge in [-0.1, -0.05) is 25.3 Å². The van der Waals surface area contributed by atoms with Crippen molar-refractivity contribution in [1.82, 2.24) is 24.7 Å². The third-order valence-corrected chi connectivity index (χ3v) is 4.86. The van der Waals surface area contributed by atoms with Gasteiger partial charge < -0.3 is 8.98 Å². The van der Waals surface area contributed by atoms with Gasteiger partial charge in [-0.25, -0.2) is 9.97 Å². The van der Waals surface area contributed by atoms with Crippen molar-refractivity contribution in [1.29, 1.82) is 0 Å². The topological polar surface area (TPSA) is 69.6 Å². The monoisotopic (exact) mass is 337 g/mol. The summed E-state index contributed by atoms with van der Waals surface area (Å²) in [6.45, 7) is 4.20. The first-order valence-electron chi connectivity index (χ1n) is 9.05. The first-order valence-corrected chi connectivity index (χ1v) is 9.05. The van der Waals surface area contributed by atoms with Crippen LogP contribution in [-0.2, 0) is 0 Å². The van der Waals surface area contributed by atoms with Crippen LogP contribution in [0.1, 0.15) is 63.7 Å². The van der Waals surface area contributed by atoms with E-state index in [9.17, 15) is 0 Å². The minimum Gasteiger partial charge on any atom is -0.440 e. The van der Waals surface area contributed by atoms with E-state index in [1.54, 1.807) is 6.33 Å². The molecule has 1 aliphatic rings. The van der Waals surface area contributed by atoms with Gasteiger partial charge in [-0.3, -0.25) is 0 Å². The number of aromatic nitrogens is 5. The molecule has 130 valence electrons. The molecule has 0 aromatic carbocycles. The van der Waals surface area contributed by atoms with Gasteiger partial charge in [0, 0.05) is 12.0 Å². The number of nitrogens with zero attached hydrogens (tertiary/aromatic N) is 5. The molecule has 1 saturated carbocycles. The summed E-state index contributed by atoms with van der Waals surface area (Å²) in [7, 11) is 0. The summed E-state index contributed by atoms with van der Waals surface area (Å²) in [4.78, 5) is 9.18. The lowest BCUT2D eigenvalue weighted by atomic mass is 9.88. The highest BCUT2D eigenvalue weighted by molar-refractivity contribution is 5.56. The third-order valence-electron chi connectivity index (χ3n) is 4.86. The number of hydrogen-bond donors (Lipinski definition) is 0. The zero-order valence-electron chi connectivity index (χ0n) is 14.7. The van der Waals surface area contributed by atoms with Crippen molar-refractivity contribution in [2.45, 2.75) is 57.9 Å². The largest absolute Gasteiger partial charge is 0.440 e. The molecule has 1 fully saturated rings. The van der Waals surface area contributed by atoms with Crippen molar-refractivity contribution >= 4 is 0 Å². The smallest absolute Gasteiger partial charge is 0.245 e. The van der Waals surface area contributed by atoms with Crippen molar-refractivity contribution in [3.63, 3.8) is 0 Å². The van der Waals surface area contributed by atoms with E-state index < -0.39 is 0 Å². The second-order valence-corrected chi connectivity index (χ2v) is 6.97. The van der Waals surface area contributed by atoms with Crippen LogP contribution in [0, 0.1) is 0 Å². The Morgan fingerprint density at radius 2 is 1.92 bits per heavy atom. The summed E-state index contributed by atoms with van der Waals surface area (Å²) < 4.78 is 8.05. The van der Waals surface area contributed by atoms with Gasteiger partial charge >= 0.3 is 0 Å². The molecule has 0 amide bonds. The molecule has 0 saturated heterocycles. The highest BCUT2D eigenvalue weighted by Crippen LogP contribution is 2.34. The van der Waals surface area contributed by atoms with Gasteiger partial charge in [0.05, 0.1) is 6.20 Å². The maximum Gasteiger partial charge on any atom is 0.245 e.